The Hall–Kier alpha value is 2.24. The zero-order valence-electron chi connectivity index (χ0n) is 3.27. The van der Waals surface area contributed by atoms with E-state index >= 15 is 0 Å². The van der Waals surface area contributed by atoms with Crippen molar-refractivity contribution in [2.24, 2.45) is 0 Å². The first-order valence-corrected chi connectivity index (χ1v) is 0. The summed E-state index contributed by atoms with van der Waals surface area (Å²) in [6.07, 6.45) is 0. The van der Waals surface area contributed by atoms with Crippen LogP contribution in [0.15, 0.2) is 0 Å². The summed E-state index contributed by atoms with van der Waals surface area (Å²) in [5.74, 6) is 0. The molecular weight excluding hydrogens is 220 g/mol. The fraction of sp³-hybridized carbons (Fsp3) is 0. The van der Waals surface area contributed by atoms with Crippen LogP contribution in [0.2, 0.25) is 0 Å². The molecule has 0 atom stereocenters. The Morgan fingerprint density at radius 2 is 0.444 bits per heavy atom. The van der Waals surface area contributed by atoms with Gasteiger partial charge in [0.25, 0.3) is 0 Å². The molecule has 0 saturated heterocycles. The molecule has 3 nitrogen and oxygen atoms in total. The third-order valence-electron chi connectivity index (χ3n) is 0. The number of rotatable bonds is 0. The van der Waals surface area contributed by atoms with E-state index in [2.05, 4.69) is 0 Å². The molecule has 0 aliphatic rings. The van der Waals surface area contributed by atoms with Crippen LogP contribution in [0.5, 0.6) is 0 Å². The Bertz CT molecular complexity index is 17.8. The van der Waals surface area contributed by atoms with Crippen molar-refractivity contribution in [3.63, 3.8) is 0 Å². The van der Waals surface area contributed by atoms with Crippen molar-refractivity contribution in [3.8, 4) is 0 Å². The summed E-state index contributed by atoms with van der Waals surface area (Å²) >= 11 is 0. The quantitative estimate of drug-likeness (QED) is 0.330. The fourth-order valence-corrected chi connectivity index (χ4v) is 0. The second kappa shape index (κ2) is 174. The molecule has 0 spiro atoms. The molecule has 0 rings (SSSR count). The van der Waals surface area contributed by atoms with Gasteiger partial charge in [0, 0.05) is 19.8 Å². The molecule has 0 heterocycles. The first kappa shape index (κ1) is 235. The van der Waals surface area contributed by atoms with Gasteiger partial charge in [0.15, 0.2) is 0 Å². The van der Waals surface area contributed by atoms with Gasteiger partial charge in [0.2, 0.25) is 0 Å². The molecule has 0 bridgehead atoms. The molecule has 0 fully saturated rings. The van der Waals surface area contributed by atoms with Crippen LogP contribution < -0.4 is 0 Å². The molecule has 0 N–H and O–H groups in total. The average molecular weight is 228 g/mol. The second-order valence-electron chi connectivity index (χ2n) is 0. The van der Waals surface area contributed by atoms with Gasteiger partial charge >= 0.3 is 34.7 Å². The van der Waals surface area contributed by atoms with Crippen molar-refractivity contribution in [2.75, 3.05) is 0 Å². The molecule has 0 unspecified atom stereocenters. The van der Waals surface area contributed by atoms with Crippen LogP contribution in [-0.4, -0.2) is 56.7 Å². The monoisotopic (exact) mass is 228 g/mol. The van der Waals surface area contributed by atoms with Gasteiger partial charge in [-0.15, -0.1) is 0 Å². The molecule has 0 aliphatic carbocycles. The molecule has 0 saturated carbocycles. The summed E-state index contributed by atoms with van der Waals surface area (Å²) in [4.78, 5) is 0. The molecule has 0 aromatic carbocycles. The molecule has 9 heteroatoms. The van der Waals surface area contributed by atoms with Crippen molar-refractivity contribution in [1.82, 2.24) is 0 Å². The third-order valence-corrected chi connectivity index (χ3v) is 0. The third kappa shape index (κ3) is 139. The largest absolute Gasteiger partial charge is 3.00 e. The van der Waals surface area contributed by atoms with E-state index in [1.54, 1.807) is 0 Å². The Labute approximate surface area is 92.6 Å². The van der Waals surface area contributed by atoms with E-state index in [0.29, 0.717) is 0 Å². The Kier molecular flexibility index (Phi) is 4550. The predicted molar refractivity (Wildman–Crippen MR) is 50.1 cm³/mol. The summed E-state index contributed by atoms with van der Waals surface area (Å²) < 4.78 is 0. The molecule has 0 aromatic heterocycles. The van der Waals surface area contributed by atoms with Crippen molar-refractivity contribution in [3.05, 3.63) is 0 Å². The Morgan fingerprint density at radius 1 is 0.444 bits per heavy atom. The minimum atomic E-state index is 0. The molecule has 0 aromatic rings. The number of hydrogen-bond acceptors (Lipinski definition) is 0. The molecule has 6 radical (unpaired) electrons. The van der Waals surface area contributed by atoms with Crippen LogP contribution in [-0.2, 0) is 16.4 Å². The van der Waals surface area contributed by atoms with Gasteiger partial charge in [0.05, 0.1) is 0 Å². The summed E-state index contributed by atoms with van der Waals surface area (Å²) in [7, 11) is 0. The Morgan fingerprint density at radius 3 is 0.444 bits per heavy atom. The summed E-state index contributed by atoms with van der Waals surface area (Å²) in [6.45, 7) is 0. The van der Waals surface area contributed by atoms with E-state index in [0.717, 1.165) is 0 Å². The zero-order valence-corrected chi connectivity index (χ0v) is 7.37. The Balaban J connectivity index is 0. The first-order valence-electron chi connectivity index (χ1n) is 0. The smallest absolute Gasteiger partial charge is 2.00 e. The van der Waals surface area contributed by atoms with Gasteiger partial charge < -0.3 is 16.4 Å². The van der Waals surface area contributed by atoms with E-state index in [4.69, 9.17) is 0 Å². The normalized spacial score (nSPS) is 0. The molecule has 0 amide bonds. The fourth-order valence-electron chi connectivity index (χ4n) is 0. The van der Waals surface area contributed by atoms with Crippen LogP contribution >= 0.6 is 19.8 Å². The van der Waals surface area contributed by atoms with E-state index in [9.17, 15) is 0 Å². The summed E-state index contributed by atoms with van der Waals surface area (Å²) in [5.41, 5.74) is 0. The molecular formula is H8Al2O3P2Si2. The van der Waals surface area contributed by atoms with E-state index in [-0.39, 0.29) is 92.9 Å². The zero-order chi connectivity index (χ0) is 0. The maximum Gasteiger partial charge on any atom is 3.00 e. The van der Waals surface area contributed by atoms with Crippen molar-refractivity contribution >= 4 is 76.5 Å². The van der Waals surface area contributed by atoms with Crippen LogP contribution in [0, 0.1) is 0 Å². The van der Waals surface area contributed by atoms with Crippen LogP contribution in [0.1, 0.15) is 0 Å². The van der Waals surface area contributed by atoms with E-state index in [1.807, 2.05) is 0 Å². The van der Waals surface area contributed by atoms with Crippen molar-refractivity contribution < 1.29 is 16.4 Å². The summed E-state index contributed by atoms with van der Waals surface area (Å²) in [6, 6.07) is 0. The van der Waals surface area contributed by atoms with Crippen LogP contribution in [0.4, 0.5) is 0 Å². The van der Waals surface area contributed by atoms with Gasteiger partial charge in [0.1, 0.15) is 0 Å². The van der Waals surface area contributed by atoms with Gasteiger partial charge in [-0.2, -0.15) is 0 Å². The minimum Gasteiger partial charge on any atom is -2.00 e. The van der Waals surface area contributed by atoms with Gasteiger partial charge in [-0.05, 0) is 21.9 Å². The van der Waals surface area contributed by atoms with E-state index < -0.39 is 0 Å². The predicted octanol–water partition coefficient (Wildman–Crippen LogP) is -2.30. The summed E-state index contributed by atoms with van der Waals surface area (Å²) in [5, 5.41) is 0. The first-order chi connectivity index (χ1) is 0. The molecule has 9 heavy (non-hydrogen) atoms. The topological polar surface area (TPSA) is 85.5 Å². The molecule has 50 valence electrons. The average Bonchev–Trinajstić information content (AvgIpc) is 0. The van der Waals surface area contributed by atoms with Crippen LogP contribution in [0.25, 0.3) is 0 Å². The second-order valence-corrected chi connectivity index (χ2v) is 0. The standard InChI is InChI=1S/2Al.3O.2P.2H4Si/h;;;;;;;2*1H4/q2*+3;3*-2;;;;. The van der Waals surface area contributed by atoms with Gasteiger partial charge in [-0.3, -0.25) is 0 Å². The minimum absolute atomic E-state index is 0. The van der Waals surface area contributed by atoms with E-state index in [1.165, 1.54) is 0 Å². The SMILES string of the molecule is [Al+3].[Al+3].[O-2].[O-2].[O-2].[P].[P].[SiH4].[SiH4]. The van der Waals surface area contributed by atoms with Crippen LogP contribution in [0.3, 0.4) is 0 Å². The number of hydrogen-bond donors (Lipinski definition) is 0. The maximum absolute atomic E-state index is 0. The molecule has 0 aliphatic heterocycles. The van der Waals surface area contributed by atoms with Gasteiger partial charge in [-0.25, -0.2) is 0 Å². The van der Waals surface area contributed by atoms with Crippen molar-refractivity contribution in [1.29, 1.82) is 0 Å². The van der Waals surface area contributed by atoms with Gasteiger partial charge in [-0.1, -0.05) is 0 Å². The van der Waals surface area contributed by atoms with Crippen molar-refractivity contribution in [2.45, 2.75) is 0 Å². The maximum atomic E-state index is 0.